The number of aryl methyl sites for hydroxylation is 1. The highest BCUT2D eigenvalue weighted by Gasteiger charge is 2.17. The van der Waals surface area contributed by atoms with Crippen LogP contribution in [0.2, 0.25) is 0 Å². The van der Waals surface area contributed by atoms with E-state index >= 15 is 0 Å². The zero-order valence-electron chi connectivity index (χ0n) is 11.8. The number of rotatable bonds is 5. The van der Waals surface area contributed by atoms with E-state index in [2.05, 4.69) is 20.8 Å². The van der Waals surface area contributed by atoms with Crippen molar-refractivity contribution < 1.29 is 9.18 Å². The SMILES string of the molecule is CNc1nnc(S[C@H](C)C(=O)Nc2ccc(C)c(F)c2)s1. The van der Waals surface area contributed by atoms with Crippen molar-refractivity contribution in [2.45, 2.75) is 23.4 Å². The maximum Gasteiger partial charge on any atom is 0.237 e. The average molecular weight is 326 g/mol. The summed E-state index contributed by atoms with van der Waals surface area (Å²) in [6.45, 7) is 3.44. The zero-order valence-corrected chi connectivity index (χ0v) is 13.4. The third-order valence-electron chi connectivity index (χ3n) is 2.71. The molecule has 0 saturated heterocycles. The minimum atomic E-state index is -0.355. The Hall–Kier alpha value is -1.67. The molecule has 1 amide bonds. The summed E-state index contributed by atoms with van der Waals surface area (Å²) >= 11 is 2.69. The summed E-state index contributed by atoms with van der Waals surface area (Å²) in [4.78, 5) is 12.1. The van der Waals surface area contributed by atoms with E-state index in [1.807, 2.05) is 0 Å². The molecule has 0 aliphatic heterocycles. The minimum absolute atomic E-state index is 0.204. The number of carbonyl (C=O) groups is 1. The van der Waals surface area contributed by atoms with E-state index in [0.29, 0.717) is 20.7 Å². The molecule has 1 atom stereocenters. The normalized spacial score (nSPS) is 12.0. The highest BCUT2D eigenvalue weighted by atomic mass is 32.2. The minimum Gasteiger partial charge on any atom is -0.363 e. The molecule has 0 radical (unpaired) electrons. The van der Waals surface area contributed by atoms with Gasteiger partial charge in [-0.3, -0.25) is 4.79 Å². The van der Waals surface area contributed by atoms with Gasteiger partial charge in [-0.15, -0.1) is 10.2 Å². The number of halogens is 1. The number of benzene rings is 1. The average Bonchev–Trinajstić information content (AvgIpc) is 2.90. The van der Waals surface area contributed by atoms with Gasteiger partial charge in [0.2, 0.25) is 11.0 Å². The zero-order chi connectivity index (χ0) is 15.4. The fourth-order valence-electron chi connectivity index (χ4n) is 1.48. The second-order valence-corrected chi connectivity index (χ2v) is 6.90. The van der Waals surface area contributed by atoms with Crippen LogP contribution in [0.5, 0.6) is 0 Å². The first-order valence-corrected chi connectivity index (χ1v) is 7.94. The third-order valence-corrected chi connectivity index (χ3v) is 4.83. The maximum atomic E-state index is 13.4. The Morgan fingerprint density at radius 3 is 2.81 bits per heavy atom. The quantitative estimate of drug-likeness (QED) is 0.826. The molecule has 2 rings (SSSR count). The summed E-state index contributed by atoms with van der Waals surface area (Å²) in [5.41, 5.74) is 0.993. The Morgan fingerprint density at radius 1 is 1.43 bits per heavy atom. The Kier molecular flexibility index (Phi) is 5.13. The number of nitrogens with one attached hydrogen (secondary N) is 2. The summed E-state index contributed by atoms with van der Waals surface area (Å²) in [7, 11) is 1.76. The topological polar surface area (TPSA) is 66.9 Å². The predicted molar refractivity (Wildman–Crippen MR) is 84.5 cm³/mol. The molecule has 1 aromatic carbocycles. The van der Waals surface area contributed by atoms with Crippen molar-refractivity contribution in [3.8, 4) is 0 Å². The van der Waals surface area contributed by atoms with Gasteiger partial charge < -0.3 is 10.6 Å². The van der Waals surface area contributed by atoms with Gasteiger partial charge >= 0.3 is 0 Å². The monoisotopic (exact) mass is 326 g/mol. The fraction of sp³-hybridized carbons (Fsp3) is 0.308. The van der Waals surface area contributed by atoms with E-state index in [9.17, 15) is 9.18 Å². The molecule has 1 heterocycles. The lowest BCUT2D eigenvalue weighted by Gasteiger charge is -2.10. The maximum absolute atomic E-state index is 13.4. The van der Waals surface area contributed by atoms with Crippen molar-refractivity contribution in [2.75, 3.05) is 17.7 Å². The Morgan fingerprint density at radius 2 is 2.19 bits per heavy atom. The van der Waals surface area contributed by atoms with Gasteiger partial charge in [0.25, 0.3) is 0 Å². The number of hydrogen-bond acceptors (Lipinski definition) is 6. The first-order valence-electron chi connectivity index (χ1n) is 6.24. The number of hydrogen-bond donors (Lipinski definition) is 2. The molecule has 8 heteroatoms. The lowest BCUT2D eigenvalue weighted by molar-refractivity contribution is -0.115. The van der Waals surface area contributed by atoms with Crippen molar-refractivity contribution in [2.24, 2.45) is 0 Å². The van der Waals surface area contributed by atoms with Gasteiger partial charge in [-0.2, -0.15) is 0 Å². The lowest BCUT2D eigenvalue weighted by Crippen LogP contribution is -2.22. The second-order valence-electron chi connectivity index (χ2n) is 4.34. The summed E-state index contributed by atoms with van der Waals surface area (Å²) in [5, 5.41) is 13.8. The summed E-state index contributed by atoms with van der Waals surface area (Å²) < 4.78 is 14.1. The van der Waals surface area contributed by atoms with Crippen molar-refractivity contribution >= 4 is 39.8 Å². The van der Waals surface area contributed by atoms with E-state index < -0.39 is 0 Å². The van der Waals surface area contributed by atoms with Crippen LogP contribution in [0.4, 0.5) is 15.2 Å². The molecule has 0 saturated carbocycles. The van der Waals surface area contributed by atoms with Crippen molar-refractivity contribution in [3.63, 3.8) is 0 Å². The van der Waals surface area contributed by atoms with E-state index in [4.69, 9.17) is 0 Å². The highest BCUT2D eigenvalue weighted by Crippen LogP contribution is 2.29. The molecule has 112 valence electrons. The number of anilines is 2. The molecular formula is C13H15FN4OS2. The molecule has 21 heavy (non-hydrogen) atoms. The Labute approximate surface area is 130 Å². The van der Waals surface area contributed by atoms with Gasteiger partial charge in [0.1, 0.15) is 5.82 Å². The van der Waals surface area contributed by atoms with E-state index in [1.54, 1.807) is 33.0 Å². The molecule has 0 bridgehead atoms. The number of amides is 1. The second kappa shape index (κ2) is 6.86. The predicted octanol–water partition coefficient (Wildman–Crippen LogP) is 3.15. The van der Waals surface area contributed by atoms with Crippen molar-refractivity contribution in [3.05, 3.63) is 29.6 Å². The van der Waals surface area contributed by atoms with Crippen LogP contribution in [-0.4, -0.2) is 28.4 Å². The van der Waals surface area contributed by atoms with Crippen LogP contribution in [0.1, 0.15) is 12.5 Å². The molecule has 1 aromatic heterocycles. The molecule has 0 spiro atoms. The summed E-state index contributed by atoms with van der Waals surface area (Å²) in [6.07, 6.45) is 0. The number of thioether (sulfide) groups is 1. The van der Waals surface area contributed by atoms with Crippen LogP contribution in [0.25, 0.3) is 0 Å². The van der Waals surface area contributed by atoms with Crippen LogP contribution in [0.15, 0.2) is 22.5 Å². The first-order chi connectivity index (χ1) is 9.99. The molecule has 2 aromatic rings. The van der Waals surface area contributed by atoms with Crippen molar-refractivity contribution in [1.29, 1.82) is 0 Å². The highest BCUT2D eigenvalue weighted by molar-refractivity contribution is 8.02. The first kappa shape index (κ1) is 15.7. The van der Waals surface area contributed by atoms with Crippen LogP contribution >= 0.6 is 23.1 Å². The smallest absolute Gasteiger partial charge is 0.237 e. The van der Waals surface area contributed by atoms with Crippen LogP contribution in [0, 0.1) is 12.7 Å². The number of aromatic nitrogens is 2. The Bertz CT molecular complexity index is 647. The van der Waals surface area contributed by atoms with E-state index in [0.717, 1.165) is 0 Å². The molecule has 0 fully saturated rings. The molecule has 0 unspecified atom stereocenters. The van der Waals surface area contributed by atoms with Gasteiger partial charge in [-0.1, -0.05) is 29.2 Å². The van der Waals surface area contributed by atoms with Gasteiger partial charge in [-0.25, -0.2) is 4.39 Å². The standard InChI is InChI=1S/C13H15FN4OS2/c1-7-4-5-9(6-10(7)14)16-11(19)8(2)20-13-18-17-12(15-3)21-13/h4-6,8H,1-3H3,(H,15,17)(H,16,19)/t8-/m1/s1. The number of nitrogens with zero attached hydrogens (tertiary/aromatic N) is 2. The Balaban J connectivity index is 1.97. The number of carbonyl (C=O) groups excluding carboxylic acids is 1. The molecule has 2 N–H and O–H groups in total. The van der Waals surface area contributed by atoms with Crippen LogP contribution < -0.4 is 10.6 Å². The van der Waals surface area contributed by atoms with E-state index in [1.165, 1.54) is 29.2 Å². The van der Waals surface area contributed by atoms with Gasteiger partial charge in [0, 0.05) is 12.7 Å². The lowest BCUT2D eigenvalue weighted by atomic mass is 10.2. The molecule has 0 aliphatic rings. The summed E-state index contributed by atoms with van der Waals surface area (Å²) in [5.74, 6) is -0.541. The van der Waals surface area contributed by atoms with Crippen LogP contribution in [0.3, 0.4) is 0 Å². The largest absolute Gasteiger partial charge is 0.363 e. The van der Waals surface area contributed by atoms with Gasteiger partial charge in [0.05, 0.1) is 5.25 Å². The van der Waals surface area contributed by atoms with Gasteiger partial charge in [0.15, 0.2) is 4.34 Å². The van der Waals surface area contributed by atoms with Gasteiger partial charge in [-0.05, 0) is 31.5 Å². The molecule has 5 nitrogen and oxygen atoms in total. The van der Waals surface area contributed by atoms with Crippen LogP contribution in [-0.2, 0) is 4.79 Å². The van der Waals surface area contributed by atoms with E-state index in [-0.39, 0.29) is 17.0 Å². The summed E-state index contributed by atoms with van der Waals surface area (Å²) in [6, 6.07) is 4.62. The third kappa shape index (κ3) is 4.15. The fourth-order valence-corrected chi connectivity index (χ4v) is 3.33. The molecule has 0 aliphatic carbocycles. The van der Waals surface area contributed by atoms with Crippen molar-refractivity contribution in [1.82, 2.24) is 10.2 Å². The molecular weight excluding hydrogens is 311 g/mol.